The fourth-order valence-electron chi connectivity index (χ4n) is 3.57. The average Bonchev–Trinajstić information content (AvgIpc) is 3.25. The van der Waals surface area contributed by atoms with Crippen molar-refractivity contribution >= 4 is 0 Å². The number of rotatable bonds is 7. The van der Waals surface area contributed by atoms with Crippen molar-refractivity contribution < 1.29 is 0 Å². The van der Waals surface area contributed by atoms with Crippen molar-refractivity contribution in [2.45, 2.75) is 77.3 Å². The van der Waals surface area contributed by atoms with Gasteiger partial charge < -0.3 is 4.90 Å². The first kappa shape index (κ1) is 16.8. The van der Waals surface area contributed by atoms with Crippen LogP contribution in [0, 0.1) is 23.2 Å². The van der Waals surface area contributed by atoms with Gasteiger partial charge in [-0.2, -0.15) is 5.26 Å². The lowest BCUT2D eigenvalue weighted by Gasteiger charge is -2.26. The topological polar surface area (TPSA) is 39.1 Å². The molecule has 0 radical (unpaired) electrons. The molecule has 2 fully saturated rings. The Morgan fingerprint density at radius 3 is 2.62 bits per heavy atom. The summed E-state index contributed by atoms with van der Waals surface area (Å²) >= 11 is 0. The van der Waals surface area contributed by atoms with Crippen LogP contribution in [0.3, 0.4) is 0 Å². The molecule has 21 heavy (non-hydrogen) atoms. The third-order valence-corrected chi connectivity index (χ3v) is 5.31. The molecule has 0 spiro atoms. The predicted octanol–water partition coefficient (Wildman–Crippen LogP) is 3.56. The number of nitrogens with one attached hydrogen (secondary N) is 1. The van der Waals surface area contributed by atoms with Gasteiger partial charge in [0.05, 0.1) is 6.07 Å². The van der Waals surface area contributed by atoms with Gasteiger partial charge in [-0.15, -0.1) is 0 Å². The minimum atomic E-state index is -0.312. The van der Waals surface area contributed by atoms with E-state index in [0.717, 1.165) is 31.2 Å². The van der Waals surface area contributed by atoms with Crippen LogP contribution in [0.15, 0.2) is 0 Å². The normalized spacial score (nSPS) is 27.1. The summed E-state index contributed by atoms with van der Waals surface area (Å²) in [6, 6.07) is 3.10. The molecule has 3 heteroatoms. The van der Waals surface area contributed by atoms with E-state index in [4.69, 9.17) is 0 Å². The van der Waals surface area contributed by atoms with Crippen LogP contribution in [-0.4, -0.2) is 36.1 Å². The van der Waals surface area contributed by atoms with Crippen LogP contribution in [0.5, 0.6) is 0 Å². The van der Waals surface area contributed by atoms with Crippen LogP contribution in [0.25, 0.3) is 0 Å². The molecule has 2 unspecified atom stereocenters. The minimum Gasteiger partial charge on any atom is -0.303 e. The van der Waals surface area contributed by atoms with E-state index in [0.29, 0.717) is 6.04 Å². The van der Waals surface area contributed by atoms with Gasteiger partial charge in [0.2, 0.25) is 0 Å². The van der Waals surface area contributed by atoms with Gasteiger partial charge in [0.15, 0.2) is 0 Å². The molecule has 0 bridgehead atoms. The minimum absolute atomic E-state index is 0.312. The molecule has 0 amide bonds. The second-order valence-corrected chi connectivity index (χ2v) is 7.74. The van der Waals surface area contributed by atoms with Crippen molar-refractivity contribution in [1.82, 2.24) is 10.2 Å². The third-order valence-electron chi connectivity index (χ3n) is 5.31. The maximum absolute atomic E-state index is 9.41. The third kappa shape index (κ3) is 5.60. The Hall–Kier alpha value is -0.590. The van der Waals surface area contributed by atoms with Gasteiger partial charge in [0.1, 0.15) is 5.54 Å². The van der Waals surface area contributed by atoms with Gasteiger partial charge in [0, 0.05) is 6.04 Å². The van der Waals surface area contributed by atoms with E-state index in [2.05, 4.69) is 37.1 Å². The van der Waals surface area contributed by atoms with E-state index in [1.54, 1.807) is 0 Å². The van der Waals surface area contributed by atoms with Crippen LogP contribution in [0.4, 0.5) is 0 Å². The van der Waals surface area contributed by atoms with Crippen LogP contribution in [-0.2, 0) is 0 Å². The number of nitriles is 1. The first-order chi connectivity index (χ1) is 10.0. The highest BCUT2D eigenvalue weighted by Crippen LogP contribution is 2.26. The number of likely N-dealkylation sites (tertiary alicyclic amines) is 1. The van der Waals surface area contributed by atoms with Crippen molar-refractivity contribution in [2.75, 3.05) is 19.6 Å². The van der Waals surface area contributed by atoms with Crippen LogP contribution >= 0.6 is 0 Å². The lowest BCUT2D eigenvalue weighted by Crippen LogP contribution is -2.43. The maximum atomic E-state index is 9.41. The molecule has 3 nitrogen and oxygen atoms in total. The van der Waals surface area contributed by atoms with Crippen LogP contribution in [0.1, 0.15) is 65.7 Å². The van der Waals surface area contributed by atoms with Crippen molar-refractivity contribution in [1.29, 1.82) is 5.26 Å². The smallest absolute Gasteiger partial charge is 0.104 e. The molecule has 1 saturated heterocycles. The van der Waals surface area contributed by atoms with Gasteiger partial charge >= 0.3 is 0 Å². The quantitative estimate of drug-likeness (QED) is 0.779. The second kappa shape index (κ2) is 7.61. The molecule has 2 rings (SSSR count). The number of nitrogens with zero attached hydrogens (tertiary/aromatic N) is 2. The zero-order chi connectivity index (χ0) is 15.3. The Bertz CT molecular complexity index is 356. The van der Waals surface area contributed by atoms with E-state index in [1.165, 1.54) is 45.2 Å². The van der Waals surface area contributed by atoms with Crippen LogP contribution in [0.2, 0.25) is 0 Å². The summed E-state index contributed by atoms with van der Waals surface area (Å²) in [5, 5.41) is 12.9. The van der Waals surface area contributed by atoms with Gasteiger partial charge in [-0.1, -0.05) is 13.8 Å². The first-order valence-electron chi connectivity index (χ1n) is 8.94. The lowest BCUT2D eigenvalue weighted by molar-refractivity contribution is 0.256. The molecule has 0 aromatic rings. The summed E-state index contributed by atoms with van der Waals surface area (Å²) in [6.45, 7) is 10.5. The Morgan fingerprint density at radius 1 is 1.24 bits per heavy atom. The van der Waals surface area contributed by atoms with E-state index < -0.39 is 0 Å². The van der Waals surface area contributed by atoms with E-state index in [-0.39, 0.29) is 5.54 Å². The fourth-order valence-corrected chi connectivity index (χ4v) is 3.57. The average molecular weight is 291 g/mol. The molecular weight excluding hydrogens is 258 g/mol. The highest BCUT2D eigenvalue weighted by molar-refractivity contribution is 5.07. The molecule has 0 aromatic carbocycles. The summed E-state index contributed by atoms with van der Waals surface area (Å²) in [5.41, 5.74) is -0.312. The van der Waals surface area contributed by atoms with Crippen molar-refractivity contribution in [3.63, 3.8) is 0 Å². The van der Waals surface area contributed by atoms with Gasteiger partial charge in [0.25, 0.3) is 0 Å². The molecule has 1 N–H and O–H groups in total. The van der Waals surface area contributed by atoms with E-state index >= 15 is 0 Å². The summed E-state index contributed by atoms with van der Waals surface area (Å²) < 4.78 is 0. The first-order valence-corrected chi connectivity index (χ1v) is 8.94. The fraction of sp³-hybridized carbons (Fsp3) is 0.944. The molecule has 1 heterocycles. The number of hydrogen-bond acceptors (Lipinski definition) is 3. The molecule has 1 aliphatic heterocycles. The second-order valence-electron chi connectivity index (χ2n) is 7.74. The Labute approximate surface area is 131 Å². The Kier molecular flexibility index (Phi) is 6.08. The van der Waals surface area contributed by atoms with Crippen molar-refractivity contribution in [3.8, 4) is 6.07 Å². The predicted molar refractivity (Wildman–Crippen MR) is 88.0 cm³/mol. The largest absolute Gasteiger partial charge is 0.303 e. The molecule has 1 saturated carbocycles. The highest BCUT2D eigenvalue weighted by atomic mass is 15.1. The zero-order valence-corrected chi connectivity index (χ0v) is 14.2. The summed E-state index contributed by atoms with van der Waals surface area (Å²) in [7, 11) is 0. The van der Waals surface area contributed by atoms with Crippen LogP contribution < -0.4 is 5.32 Å². The Morgan fingerprint density at radius 2 is 2.00 bits per heavy atom. The highest BCUT2D eigenvalue weighted by Gasteiger charge is 2.32. The molecular formula is C18H33N3. The molecule has 1 aliphatic carbocycles. The molecule has 2 aliphatic rings. The summed E-state index contributed by atoms with van der Waals surface area (Å²) in [4.78, 5) is 2.62. The molecule has 120 valence electrons. The van der Waals surface area contributed by atoms with Crippen molar-refractivity contribution in [2.24, 2.45) is 11.8 Å². The summed E-state index contributed by atoms with van der Waals surface area (Å²) in [5.74, 6) is 1.74. The lowest BCUT2D eigenvalue weighted by atomic mass is 9.89. The maximum Gasteiger partial charge on any atom is 0.104 e. The molecule has 2 atom stereocenters. The molecule has 0 aromatic heterocycles. The standard InChI is InChI=1S/C18H33N3/c1-15(2)16-6-4-11-21(13-9-16)12-5-10-18(3,14-19)20-17-7-8-17/h15-17,20H,4-13H2,1-3H3. The monoisotopic (exact) mass is 291 g/mol. The SMILES string of the molecule is CC(C)C1CCCN(CCCC(C)(C#N)NC2CC2)CC1. The van der Waals surface area contributed by atoms with Gasteiger partial charge in [-0.25, -0.2) is 0 Å². The van der Waals surface area contributed by atoms with Gasteiger partial charge in [-0.05, 0) is 83.3 Å². The van der Waals surface area contributed by atoms with Gasteiger partial charge in [-0.3, -0.25) is 5.32 Å². The van der Waals surface area contributed by atoms with Crippen molar-refractivity contribution in [3.05, 3.63) is 0 Å². The summed E-state index contributed by atoms with van der Waals surface area (Å²) in [6.07, 6.45) is 8.71. The van der Waals surface area contributed by atoms with E-state index in [9.17, 15) is 5.26 Å². The Balaban J connectivity index is 1.69. The van der Waals surface area contributed by atoms with E-state index in [1.807, 2.05) is 0 Å². The zero-order valence-electron chi connectivity index (χ0n) is 14.2. The number of hydrogen-bond donors (Lipinski definition) is 1.